The van der Waals surface area contributed by atoms with Crippen LogP contribution in [0.1, 0.15) is 24.4 Å². The van der Waals surface area contributed by atoms with Crippen LogP contribution in [0.25, 0.3) is 0 Å². The van der Waals surface area contributed by atoms with Gasteiger partial charge >= 0.3 is 0 Å². The number of hydrogen-bond donors (Lipinski definition) is 3. The van der Waals surface area contributed by atoms with Crippen LogP contribution in [0.2, 0.25) is 0 Å². The van der Waals surface area contributed by atoms with Gasteiger partial charge in [0.05, 0.1) is 4.47 Å². The molecule has 1 fully saturated rings. The van der Waals surface area contributed by atoms with E-state index in [1.807, 2.05) is 6.07 Å². The van der Waals surface area contributed by atoms with E-state index in [-0.39, 0.29) is 17.5 Å². The first-order chi connectivity index (χ1) is 6.70. The third-order valence-corrected chi connectivity index (χ3v) is 3.21. The highest BCUT2D eigenvalue weighted by molar-refractivity contribution is 9.10. The smallest absolute Gasteiger partial charge is 0.172 e. The maximum atomic E-state index is 9.72. The molecule has 4 heteroatoms. The van der Waals surface area contributed by atoms with E-state index in [0.29, 0.717) is 4.47 Å². The lowest BCUT2D eigenvalue weighted by Crippen LogP contribution is -2.12. The summed E-state index contributed by atoms with van der Waals surface area (Å²) in [4.78, 5) is 0. The molecule has 3 N–H and O–H groups in total. The summed E-state index contributed by atoms with van der Waals surface area (Å²) in [6.07, 6.45) is 2.12. The second-order valence-electron chi connectivity index (χ2n) is 3.48. The molecule has 0 spiro atoms. The molecule has 0 bridgehead atoms. The van der Waals surface area contributed by atoms with Crippen molar-refractivity contribution in [3.05, 3.63) is 22.2 Å². The lowest BCUT2D eigenvalue weighted by atomic mass is 10.0. The van der Waals surface area contributed by atoms with Crippen molar-refractivity contribution in [3.63, 3.8) is 0 Å². The van der Waals surface area contributed by atoms with E-state index >= 15 is 0 Å². The van der Waals surface area contributed by atoms with Gasteiger partial charge in [-0.1, -0.05) is 6.07 Å². The molecule has 2 rings (SSSR count). The Labute approximate surface area is 90.9 Å². The fourth-order valence-electron chi connectivity index (χ4n) is 1.80. The van der Waals surface area contributed by atoms with Crippen molar-refractivity contribution in [2.75, 3.05) is 6.54 Å². The van der Waals surface area contributed by atoms with Crippen molar-refractivity contribution in [1.29, 1.82) is 0 Å². The molecule has 0 saturated carbocycles. The van der Waals surface area contributed by atoms with E-state index in [2.05, 4.69) is 21.2 Å². The van der Waals surface area contributed by atoms with Gasteiger partial charge in [0.15, 0.2) is 11.5 Å². The van der Waals surface area contributed by atoms with Gasteiger partial charge in [0.2, 0.25) is 0 Å². The van der Waals surface area contributed by atoms with Crippen molar-refractivity contribution >= 4 is 15.9 Å². The van der Waals surface area contributed by atoms with Crippen LogP contribution in [-0.2, 0) is 0 Å². The van der Waals surface area contributed by atoms with E-state index in [4.69, 9.17) is 0 Å². The second-order valence-corrected chi connectivity index (χ2v) is 4.34. The van der Waals surface area contributed by atoms with Gasteiger partial charge in [-0.25, -0.2) is 0 Å². The van der Waals surface area contributed by atoms with Crippen LogP contribution in [-0.4, -0.2) is 16.8 Å². The molecule has 1 aliphatic rings. The van der Waals surface area contributed by atoms with Crippen molar-refractivity contribution < 1.29 is 10.2 Å². The average molecular weight is 258 g/mol. The van der Waals surface area contributed by atoms with E-state index in [1.165, 1.54) is 0 Å². The minimum absolute atomic E-state index is 0.0150. The number of aromatic hydroxyl groups is 2. The molecule has 1 unspecified atom stereocenters. The van der Waals surface area contributed by atoms with Crippen LogP contribution in [0.15, 0.2) is 16.6 Å². The summed E-state index contributed by atoms with van der Waals surface area (Å²) in [5.41, 5.74) is 0.781. The summed E-state index contributed by atoms with van der Waals surface area (Å²) in [6.45, 7) is 0.973. The molecule has 0 amide bonds. The van der Waals surface area contributed by atoms with E-state index in [0.717, 1.165) is 24.9 Å². The summed E-state index contributed by atoms with van der Waals surface area (Å²) < 4.78 is 0.525. The Kier molecular flexibility index (Phi) is 2.65. The summed E-state index contributed by atoms with van der Waals surface area (Å²) in [5.74, 6) is -0.0880. The summed E-state index contributed by atoms with van der Waals surface area (Å²) >= 11 is 3.16. The highest BCUT2D eigenvalue weighted by atomic mass is 79.9. The van der Waals surface area contributed by atoms with Gasteiger partial charge in [-0.05, 0) is 41.4 Å². The molecule has 3 nitrogen and oxygen atoms in total. The molecular weight excluding hydrogens is 246 g/mol. The Balaban J connectivity index is 2.38. The summed E-state index contributed by atoms with van der Waals surface area (Å²) in [5, 5.41) is 22.5. The zero-order valence-electron chi connectivity index (χ0n) is 7.63. The Morgan fingerprint density at radius 1 is 1.29 bits per heavy atom. The van der Waals surface area contributed by atoms with E-state index in [1.54, 1.807) is 6.07 Å². The van der Waals surface area contributed by atoms with Crippen LogP contribution in [0.5, 0.6) is 11.5 Å². The van der Waals surface area contributed by atoms with Crippen molar-refractivity contribution in [3.8, 4) is 11.5 Å². The Morgan fingerprint density at radius 2 is 2.07 bits per heavy atom. The fraction of sp³-hybridized carbons (Fsp3) is 0.400. The van der Waals surface area contributed by atoms with Crippen LogP contribution in [0, 0.1) is 0 Å². The second kappa shape index (κ2) is 3.79. The van der Waals surface area contributed by atoms with Crippen molar-refractivity contribution in [2.45, 2.75) is 18.9 Å². The molecule has 1 aromatic rings. The molecule has 0 radical (unpaired) electrons. The molecule has 0 aliphatic carbocycles. The van der Waals surface area contributed by atoms with Gasteiger partial charge in [0.1, 0.15) is 0 Å². The molecular formula is C10H12BrNO2. The number of phenolic OH excluding ortho intramolecular Hbond substituents is 2. The quantitative estimate of drug-likeness (QED) is 0.677. The first kappa shape index (κ1) is 9.80. The first-order valence-corrected chi connectivity index (χ1v) is 5.43. The largest absolute Gasteiger partial charge is 0.504 e. The van der Waals surface area contributed by atoms with Gasteiger partial charge in [0.25, 0.3) is 0 Å². The predicted octanol–water partition coefficient (Wildman–Crippen LogP) is 2.28. The molecule has 1 saturated heterocycles. The van der Waals surface area contributed by atoms with Crippen LogP contribution in [0.4, 0.5) is 0 Å². The summed E-state index contributed by atoms with van der Waals surface area (Å²) in [6, 6.07) is 3.76. The zero-order valence-corrected chi connectivity index (χ0v) is 9.21. The van der Waals surface area contributed by atoms with Gasteiger partial charge in [-0.3, -0.25) is 0 Å². The van der Waals surface area contributed by atoms with E-state index in [9.17, 15) is 10.2 Å². The van der Waals surface area contributed by atoms with Crippen LogP contribution < -0.4 is 5.32 Å². The molecule has 1 aromatic carbocycles. The lowest BCUT2D eigenvalue weighted by Gasteiger charge is -2.13. The summed E-state index contributed by atoms with van der Waals surface area (Å²) in [7, 11) is 0. The van der Waals surface area contributed by atoms with Gasteiger partial charge in [-0.15, -0.1) is 0 Å². The minimum atomic E-state index is -0.0730. The highest BCUT2D eigenvalue weighted by Crippen LogP contribution is 2.40. The predicted molar refractivity (Wildman–Crippen MR) is 57.4 cm³/mol. The molecule has 1 heterocycles. The number of benzene rings is 1. The third kappa shape index (κ3) is 1.60. The standard InChI is InChI=1S/C10H12BrNO2/c11-7-4-3-6(9(13)10(7)14)8-2-1-5-12-8/h3-4,8,12-14H,1-2,5H2. The molecule has 0 aromatic heterocycles. The van der Waals surface area contributed by atoms with Crippen LogP contribution in [0.3, 0.4) is 0 Å². The average Bonchev–Trinajstić information content (AvgIpc) is 2.67. The number of rotatable bonds is 1. The maximum absolute atomic E-state index is 9.72. The monoisotopic (exact) mass is 257 g/mol. The molecule has 76 valence electrons. The van der Waals surface area contributed by atoms with Gasteiger partial charge in [0, 0.05) is 11.6 Å². The molecule has 1 atom stereocenters. The van der Waals surface area contributed by atoms with E-state index < -0.39 is 0 Å². The van der Waals surface area contributed by atoms with Crippen molar-refractivity contribution in [1.82, 2.24) is 5.32 Å². The number of nitrogens with one attached hydrogen (secondary N) is 1. The maximum Gasteiger partial charge on any atom is 0.172 e. The zero-order chi connectivity index (χ0) is 10.1. The topological polar surface area (TPSA) is 52.5 Å². The molecule has 14 heavy (non-hydrogen) atoms. The lowest BCUT2D eigenvalue weighted by molar-refractivity contribution is 0.392. The van der Waals surface area contributed by atoms with Gasteiger partial charge < -0.3 is 15.5 Å². The SMILES string of the molecule is Oc1c(Br)ccc(C2CCCN2)c1O. The first-order valence-electron chi connectivity index (χ1n) is 4.64. The minimum Gasteiger partial charge on any atom is -0.504 e. The Hall–Kier alpha value is -0.740. The van der Waals surface area contributed by atoms with Gasteiger partial charge in [-0.2, -0.15) is 0 Å². The third-order valence-electron chi connectivity index (χ3n) is 2.57. The molecule has 1 aliphatic heterocycles. The number of hydrogen-bond acceptors (Lipinski definition) is 3. The number of halogens is 1. The van der Waals surface area contributed by atoms with Crippen LogP contribution >= 0.6 is 15.9 Å². The Bertz CT molecular complexity index is 348. The normalized spacial score (nSPS) is 21.4. The number of phenols is 2. The Morgan fingerprint density at radius 3 is 2.71 bits per heavy atom. The fourth-order valence-corrected chi connectivity index (χ4v) is 2.12. The van der Waals surface area contributed by atoms with Crippen molar-refractivity contribution in [2.24, 2.45) is 0 Å². The highest BCUT2D eigenvalue weighted by Gasteiger charge is 2.21.